The number of H-pyrrole nitrogens is 1. The van der Waals surface area contributed by atoms with E-state index in [4.69, 9.17) is 5.73 Å². The molecule has 0 aliphatic heterocycles. The smallest absolute Gasteiger partial charge is 0.244 e. The monoisotopic (exact) mass is 407 g/mol. The van der Waals surface area contributed by atoms with Gasteiger partial charge in [0.25, 0.3) is 0 Å². The molecule has 3 aromatic rings. The fourth-order valence-electron chi connectivity index (χ4n) is 3.62. The van der Waals surface area contributed by atoms with Crippen molar-refractivity contribution in [2.24, 2.45) is 5.73 Å². The molecule has 1 heterocycles. The van der Waals surface area contributed by atoms with Gasteiger partial charge in [0.2, 0.25) is 5.91 Å². The maximum Gasteiger partial charge on any atom is 0.244 e. The molecule has 0 fully saturated rings. The Morgan fingerprint density at radius 1 is 1.13 bits per heavy atom. The Morgan fingerprint density at radius 3 is 2.50 bits per heavy atom. The lowest BCUT2D eigenvalue weighted by Crippen LogP contribution is -2.40. The minimum atomic E-state index is -0.365. The third kappa shape index (κ3) is 4.75. The van der Waals surface area contributed by atoms with Crippen LogP contribution < -0.4 is 5.73 Å². The lowest BCUT2D eigenvalue weighted by Gasteiger charge is -2.30. The van der Waals surface area contributed by atoms with E-state index >= 15 is 0 Å². The second-order valence-electron chi connectivity index (χ2n) is 7.58. The number of aromatic nitrogens is 2. The predicted molar refractivity (Wildman–Crippen MR) is 118 cm³/mol. The summed E-state index contributed by atoms with van der Waals surface area (Å²) in [7, 11) is 3.83. The number of hydrogen-bond donors (Lipinski definition) is 2. The summed E-state index contributed by atoms with van der Waals surface area (Å²) in [5.74, 6) is 0.606. The molecular formula is C23H29N5O2. The molecular weight excluding hydrogens is 378 g/mol. The molecule has 1 aromatic heterocycles. The van der Waals surface area contributed by atoms with Gasteiger partial charge in [-0.1, -0.05) is 37.3 Å². The maximum atomic E-state index is 13.5. The van der Waals surface area contributed by atoms with E-state index in [1.807, 2.05) is 54.2 Å². The highest BCUT2D eigenvalue weighted by Gasteiger charge is 2.28. The third-order valence-electron chi connectivity index (χ3n) is 5.05. The zero-order valence-corrected chi connectivity index (χ0v) is 17.8. The predicted octanol–water partition coefficient (Wildman–Crippen LogP) is 2.75. The van der Waals surface area contributed by atoms with Crippen LogP contribution in [0.4, 0.5) is 0 Å². The van der Waals surface area contributed by atoms with Crippen molar-refractivity contribution in [2.75, 3.05) is 27.2 Å². The minimum Gasteiger partial charge on any atom is -0.340 e. The van der Waals surface area contributed by atoms with Gasteiger partial charge in [0.05, 0.1) is 24.1 Å². The summed E-state index contributed by atoms with van der Waals surface area (Å²) in [5.41, 5.74) is 8.50. The Morgan fingerprint density at radius 2 is 1.87 bits per heavy atom. The van der Waals surface area contributed by atoms with E-state index in [1.165, 1.54) is 0 Å². The number of carbonyl (C=O) groups is 2. The fraction of sp³-hybridized carbons (Fsp3) is 0.348. The summed E-state index contributed by atoms with van der Waals surface area (Å²) in [6.07, 6.45) is 0.843. The van der Waals surface area contributed by atoms with Gasteiger partial charge in [0, 0.05) is 12.1 Å². The first-order valence-electron chi connectivity index (χ1n) is 10.2. The van der Waals surface area contributed by atoms with Crippen molar-refractivity contribution in [1.29, 1.82) is 0 Å². The second kappa shape index (κ2) is 9.65. The number of rotatable bonds is 9. The van der Waals surface area contributed by atoms with Gasteiger partial charge in [-0.3, -0.25) is 14.5 Å². The van der Waals surface area contributed by atoms with Crippen LogP contribution in [-0.4, -0.2) is 58.6 Å². The highest BCUT2D eigenvalue weighted by molar-refractivity contribution is 6.00. The SMILES string of the molecule is CCCN(Cc1nc2ccc(C(=O)CN)cc2[nH]1)C(=O)[C@@H](c1ccccc1)N(C)C. The molecule has 0 bridgehead atoms. The van der Waals surface area contributed by atoms with Crippen molar-refractivity contribution in [3.05, 3.63) is 65.5 Å². The molecule has 1 atom stereocenters. The van der Waals surface area contributed by atoms with Crippen LogP contribution in [0.15, 0.2) is 48.5 Å². The van der Waals surface area contributed by atoms with Gasteiger partial charge in [-0.05, 0) is 44.3 Å². The number of benzene rings is 2. The standard InChI is InChI=1S/C23H29N5O2/c1-4-12-28(23(30)22(27(2)3)16-8-6-5-7-9-16)15-21-25-18-11-10-17(20(29)14-24)13-19(18)26-21/h5-11,13,22H,4,12,14-15,24H2,1-3H3,(H,25,26)/t22-/m1/s1. The van der Waals surface area contributed by atoms with Crippen LogP contribution in [-0.2, 0) is 11.3 Å². The van der Waals surface area contributed by atoms with E-state index in [-0.39, 0.29) is 24.3 Å². The number of carbonyl (C=O) groups excluding carboxylic acids is 2. The van der Waals surface area contributed by atoms with E-state index in [1.54, 1.807) is 18.2 Å². The van der Waals surface area contributed by atoms with Crippen LogP contribution in [0, 0.1) is 0 Å². The molecule has 2 aromatic carbocycles. The van der Waals surface area contributed by atoms with Crippen LogP contribution in [0.25, 0.3) is 11.0 Å². The van der Waals surface area contributed by atoms with Crippen molar-refractivity contribution in [3.8, 4) is 0 Å². The molecule has 0 aliphatic rings. The zero-order chi connectivity index (χ0) is 21.7. The van der Waals surface area contributed by atoms with E-state index in [9.17, 15) is 9.59 Å². The van der Waals surface area contributed by atoms with E-state index in [0.29, 0.717) is 24.5 Å². The second-order valence-corrected chi connectivity index (χ2v) is 7.58. The molecule has 0 radical (unpaired) electrons. The summed E-state index contributed by atoms with van der Waals surface area (Å²) in [5, 5.41) is 0. The number of fused-ring (bicyclic) bond motifs is 1. The van der Waals surface area contributed by atoms with Gasteiger partial charge in [0.15, 0.2) is 5.78 Å². The first-order valence-corrected chi connectivity index (χ1v) is 10.2. The molecule has 0 saturated heterocycles. The summed E-state index contributed by atoms with van der Waals surface area (Å²) in [6.45, 7) is 3.02. The average Bonchev–Trinajstić information content (AvgIpc) is 3.15. The van der Waals surface area contributed by atoms with Gasteiger partial charge < -0.3 is 15.6 Å². The number of hydrogen-bond acceptors (Lipinski definition) is 5. The fourth-order valence-corrected chi connectivity index (χ4v) is 3.62. The summed E-state index contributed by atoms with van der Waals surface area (Å²) < 4.78 is 0. The Labute approximate surface area is 176 Å². The largest absolute Gasteiger partial charge is 0.340 e. The number of aromatic amines is 1. The van der Waals surface area contributed by atoms with Crippen molar-refractivity contribution >= 4 is 22.7 Å². The third-order valence-corrected chi connectivity index (χ3v) is 5.05. The van der Waals surface area contributed by atoms with E-state index in [0.717, 1.165) is 23.0 Å². The van der Waals surface area contributed by atoms with Crippen LogP contribution in [0.5, 0.6) is 0 Å². The van der Waals surface area contributed by atoms with Crippen LogP contribution in [0.1, 0.15) is 41.1 Å². The van der Waals surface area contributed by atoms with Crippen molar-refractivity contribution in [1.82, 2.24) is 19.8 Å². The van der Waals surface area contributed by atoms with Crippen molar-refractivity contribution in [2.45, 2.75) is 25.9 Å². The number of amides is 1. The maximum absolute atomic E-state index is 13.5. The number of Topliss-reactive ketones (excluding diaryl/α,β-unsaturated/α-hetero) is 1. The molecule has 7 nitrogen and oxygen atoms in total. The van der Waals surface area contributed by atoms with Gasteiger partial charge in [0.1, 0.15) is 11.9 Å². The normalized spacial score (nSPS) is 12.3. The van der Waals surface area contributed by atoms with E-state index < -0.39 is 0 Å². The summed E-state index contributed by atoms with van der Waals surface area (Å²) >= 11 is 0. The molecule has 7 heteroatoms. The Balaban J connectivity index is 1.87. The Bertz CT molecular complexity index is 1010. The first kappa shape index (κ1) is 21.7. The molecule has 3 N–H and O–H groups in total. The number of nitrogens with zero attached hydrogens (tertiary/aromatic N) is 3. The van der Waals surface area contributed by atoms with Crippen LogP contribution in [0.3, 0.4) is 0 Å². The van der Waals surface area contributed by atoms with Crippen LogP contribution in [0.2, 0.25) is 0 Å². The van der Waals surface area contributed by atoms with Gasteiger partial charge in [-0.15, -0.1) is 0 Å². The molecule has 1 amide bonds. The van der Waals surface area contributed by atoms with Crippen molar-refractivity contribution < 1.29 is 9.59 Å². The molecule has 0 saturated carbocycles. The number of ketones is 1. The number of nitrogens with two attached hydrogens (primary N) is 1. The summed E-state index contributed by atoms with van der Waals surface area (Å²) in [4.78, 5) is 37.0. The Hall–Kier alpha value is -3.03. The molecule has 0 unspecified atom stereocenters. The molecule has 0 aliphatic carbocycles. The number of nitrogens with one attached hydrogen (secondary N) is 1. The lowest BCUT2D eigenvalue weighted by atomic mass is 10.0. The average molecular weight is 408 g/mol. The highest BCUT2D eigenvalue weighted by Crippen LogP contribution is 2.22. The minimum absolute atomic E-state index is 0.0311. The highest BCUT2D eigenvalue weighted by atomic mass is 16.2. The first-order chi connectivity index (χ1) is 14.4. The molecule has 3 rings (SSSR count). The zero-order valence-electron chi connectivity index (χ0n) is 17.8. The van der Waals surface area contributed by atoms with Gasteiger partial charge in [-0.2, -0.15) is 0 Å². The quantitative estimate of drug-likeness (QED) is 0.532. The van der Waals surface area contributed by atoms with E-state index in [2.05, 4.69) is 16.9 Å². The topological polar surface area (TPSA) is 95.3 Å². The lowest BCUT2D eigenvalue weighted by molar-refractivity contribution is -0.137. The summed E-state index contributed by atoms with van der Waals surface area (Å²) in [6, 6.07) is 14.7. The number of likely N-dealkylation sites (N-methyl/N-ethyl adjacent to an activating group) is 1. The van der Waals surface area contributed by atoms with Gasteiger partial charge in [-0.25, -0.2) is 4.98 Å². The van der Waals surface area contributed by atoms with Crippen LogP contribution >= 0.6 is 0 Å². The Kier molecular flexibility index (Phi) is 6.97. The number of imidazole rings is 1. The molecule has 30 heavy (non-hydrogen) atoms. The van der Waals surface area contributed by atoms with Gasteiger partial charge >= 0.3 is 0 Å². The van der Waals surface area contributed by atoms with Crippen molar-refractivity contribution in [3.63, 3.8) is 0 Å². The molecule has 0 spiro atoms. The molecule has 158 valence electrons.